The number of nitrogen functional groups attached to an aromatic ring is 1. The molecule has 0 atom stereocenters. The standard InChI is InChI=1S/C17H20N2O2/c18-13-5-9-15(10-6-13)21-17-16(2-1-11-19-17)12-3-7-14(20)8-4-12/h1-2,5-6,9-12,14,20H,3-4,7-8,18H2/t12-,14+. The Morgan fingerprint density at radius 3 is 2.48 bits per heavy atom. The highest BCUT2D eigenvalue weighted by Gasteiger charge is 2.24. The molecule has 3 N–H and O–H groups in total. The number of hydrogen-bond donors (Lipinski definition) is 2. The molecule has 4 heteroatoms. The second-order valence-corrected chi connectivity index (χ2v) is 5.57. The van der Waals surface area contributed by atoms with Gasteiger partial charge < -0.3 is 15.6 Å². The molecule has 1 heterocycles. The first kappa shape index (κ1) is 13.9. The van der Waals surface area contributed by atoms with Gasteiger partial charge in [-0.3, -0.25) is 0 Å². The Hall–Kier alpha value is -2.07. The fraction of sp³-hybridized carbons (Fsp3) is 0.353. The fourth-order valence-electron chi connectivity index (χ4n) is 2.83. The lowest BCUT2D eigenvalue weighted by Crippen LogP contribution is -2.17. The summed E-state index contributed by atoms with van der Waals surface area (Å²) >= 11 is 0. The van der Waals surface area contributed by atoms with E-state index in [0.717, 1.165) is 37.0 Å². The summed E-state index contributed by atoms with van der Waals surface area (Å²) in [6.45, 7) is 0. The van der Waals surface area contributed by atoms with Gasteiger partial charge in [-0.05, 0) is 61.9 Å². The quantitative estimate of drug-likeness (QED) is 0.847. The van der Waals surface area contributed by atoms with Crippen molar-refractivity contribution in [3.63, 3.8) is 0 Å². The minimum absolute atomic E-state index is 0.153. The van der Waals surface area contributed by atoms with Gasteiger partial charge in [-0.1, -0.05) is 6.07 Å². The third kappa shape index (κ3) is 3.34. The predicted molar refractivity (Wildman–Crippen MR) is 82.4 cm³/mol. The van der Waals surface area contributed by atoms with Crippen LogP contribution in [0.2, 0.25) is 0 Å². The van der Waals surface area contributed by atoms with Gasteiger partial charge in [0, 0.05) is 17.4 Å². The van der Waals surface area contributed by atoms with Crippen LogP contribution in [0.25, 0.3) is 0 Å². The van der Waals surface area contributed by atoms with E-state index in [9.17, 15) is 5.11 Å². The molecule has 1 aliphatic rings. The Morgan fingerprint density at radius 2 is 1.76 bits per heavy atom. The molecule has 0 aliphatic heterocycles. The summed E-state index contributed by atoms with van der Waals surface area (Å²) in [6, 6.07) is 11.3. The Morgan fingerprint density at radius 1 is 1.05 bits per heavy atom. The molecule has 0 saturated heterocycles. The van der Waals surface area contributed by atoms with Gasteiger partial charge in [-0.2, -0.15) is 0 Å². The Balaban J connectivity index is 1.80. The average Bonchev–Trinajstić information content (AvgIpc) is 2.51. The number of ether oxygens (including phenoxy) is 1. The van der Waals surface area contributed by atoms with Crippen LogP contribution in [0.1, 0.15) is 37.2 Å². The van der Waals surface area contributed by atoms with Gasteiger partial charge in [0.05, 0.1) is 6.10 Å². The van der Waals surface area contributed by atoms with Gasteiger partial charge in [0.2, 0.25) is 5.88 Å². The van der Waals surface area contributed by atoms with Gasteiger partial charge in [-0.25, -0.2) is 4.98 Å². The van der Waals surface area contributed by atoms with E-state index in [1.54, 1.807) is 6.20 Å². The molecule has 2 aromatic rings. The minimum Gasteiger partial charge on any atom is -0.439 e. The largest absolute Gasteiger partial charge is 0.439 e. The van der Waals surface area contributed by atoms with Gasteiger partial charge >= 0.3 is 0 Å². The first-order valence-corrected chi connectivity index (χ1v) is 7.39. The number of hydrogen-bond acceptors (Lipinski definition) is 4. The maximum Gasteiger partial charge on any atom is 0.222 e. The molecule has 1 aliphatic carbocycles. The molecule has 1 fully saturated rings. The number of aliphatic hydroxyl groups excluding tert-OH is 1. The van der Waals surface area contributed by atoms with E-state index in [1.165, 1.54) is 0 Å². The average molecular weight is 284 g/mol. The number of nitrogens with two attached hydrogens (primary N) is 1. The molecule has 0 spiro atoms. The van der Waals surface area contributed by atoms with Crippen LogP contribution in [-0.4, -0.2) is 16.2 Å². The van der Waals surface area contributed by atoms with Crippen molar-refractivity contribution in [2.45, 2.75) is 37.7 Å². The van der Waals surface area contributed by atoms with Crippen LogP contribution in [0.5, 0.6) is 11.6 Å². The van der Waals surface area contributed by atoms with E-state index in [4.69, 9.17) is 10.5 Å². The van der Waals surface area contributed by atoms with Crippen LogP contribution in [-0.2, 0) is 0 Å². The van der Waals surface area contributed by atoms with E-state index >= 15 is 0 Å². The number of pyridine rings is 1. The molecular formula is C17H20N2O2. The van der Waals surface area contributed by atoms with E-state index in [0.29, 0.717) is 17.5 Å². The van der Waals surface area contributed by atoms with Crippen LogP contribution in [0, 0.1) is 0 Å². The summed E-state index contributed by atoms with van der Waals surface area (Å²) in [6.07, 6.45) is 5.24. The van der Waals surface area contributed by atoms with Gasteiger partial charge in [0.15, 0.2) is 0 Å². The number of benzene rings is 1. The van der Waals surface area contributed by atoms with Gasteiger partial charge in [-0.15, -0.1) is 0 Å². The summed E-state index contributed by atoms with van der Waals surface area (Å²) in [5.74, 6) is 1.80. The van der Waals surface area contributed by atoms with Crippen LogP contribution in [0.3, 0.4) is 0 Å². The van der Waals surface area contributed by atoms with Crippen LogP contribution < -0.4 is 10.5 Å². The third-order valence-corrected chi connectivity index (χ3v) is 4.03. The summed E-state index contributed by atoms with van der Waals surface area (Å²) in [5, 5.41) is 9.65. The molecule has 3 rings (SSSR count). The Labute approximate surface area is 124 Å². The maximum atomic E-state index is 9.65. The number of nitrogens with zero attached hydrogens (tertiary/aromatic N) is 1. The van der Waals surface area contributed by atoms with Crippen molar-refractivity contribution in [1.82, 2.24) is 4.98 Å². The van der Waals surface area contributed by atoms with Gasteiger partial charge in [0.1, 0.15) is 5.75 Å². The minimum atomic E-state index is -0.153. The predicted octanol–water partition coefficient (Wildman–Crippen LogP) is 3.47. The van der Waals surface area contributed by atoms with Crippen LogP contribution in [0.15, 0.2) is 42.6 Å². The lowest BCUT2D eigenvalue weighted by molar-refractivity contribution is 0.122. The summed E-state index contributed by atoms with van der Waals surface area (Å²) in [5.41, 5.74) is 7.52. The van der Waals surface area contributed by atoms with E-state index in [1.807, 2.05) is 30.3 Å². The first-order valence-electron chi connectivity index (χ1n) is 7.39. The molecule has 1 saturated carbocycles. The normalized spacial score (nSPS) is 22.0. The molecule has 0 radical (unpaired) electrons. The number of aliphatic hydroxyl groups is 1. The van der Waals surface area contributed by atoms with Crippen molar-refractivity contribution in [3.8, 4) is 11.6 Å². The van der Waals surface area contributed by atoms with Crippen molar-refractivity contribution < 1.29 is 9.84 Å². The van der Waals surface area contributed by atoms with E-state index < -0.39 is 0 Å². The lowest BCUT2D eigenvalue weighted by atomic mass is 9.83. The van der Waals surface area contributed by atoms with Gasteiger partial charge in [0.25, 0.3) is 0 Å². The topological polar surface area (TPSA) is 68.4 Å². The van der Waals surface area contributed by atoms with Crippen molar-refractivity contribution >= 4 is 5.69 Å². The van der Waals surface area contributed by atoms with Crippen molar-refractivity contribution in [3.05, 3.63) is 48.2 Å². The lowest BCUT2D eigenvalue weighted by Gasteiger charge is -2.26. The zero-order valence-corrected chi connectivity index (χ0v) is 11.9. The number of aromatic nitrogens is 1. The Kier molecular flexibility index (Phi) is 4.06. The van der Waals surface area contributed by atoms with Crippen molar-refractivity contribution in [1.29, 1.82) is 0 Å². The molecule has 4 nitrogen and oxygen atoms in total. The highest BCUT2D eigenvalue weighted by Crippen LogP contribution is 2.37. The summed E-state index contributed by atoms with van der Waals surface area (Å²) in [7, 11) is 0. The zero-order chi connectivity index (χ0) is 14.7. The number of anilines is 1. The smallest absolute Gasteiger partial charge is 0.222 e. The summed E-state index contributed by atoms with van der Waals surface area (Å²) < 4.78 is 5.92. The van der Waals surface area contributed by atoms with Crippen molar-refractivity contribution in [2.75, 3.05) is 5.73 Å². The highest BCUT2D eigenvalue weighted by atomic mass is 16.5. The molecule has 110 valence electrons. The third-order valence-electron chi connectivity index (χ3n) is 4.03. The molecule has 0 unspecified atom stereocenters. The SMILES string of the molecule is Nc1ccc(Oc2ncccc2[C@H]2CC[C@@H](O)CC2)cc1. The zero-order valence-electron chi connectivity index (χ0n) is 11.9. The van der Waals surface area contributed by atoms with Crippen LogP contribution in [0.4, 0.5) is 5.69 Å². The van der Waals surface area contributed by atoms with E-state index in [-0.39, 0.29) is 6.10 Å². The molecule has 1 aromatic heterocycles. The molecule has 0 bridgehead atoms. The molecule has 1 aromatic carbocycles. The molecule has 0 amide bonds. The second-order valence-electron chi connectivity index (χ2n) is 5.57. The van der Waals surface area contributed by atoms with E-state index in [2.05, 4.69) is 11.1 Å². The highest BCUT2D eigenvalue weighted by molar-refractivity contribution is 5.43. The fourth-order valence-corrected chi connectivity index (χ4v) is 2.83. The summed E-state index contributed by atoms with van der Waals surface area (Å²) in [4.78, 5) is 4.37. The molecular weight excluding hydrogens is 264 g/mol. The van der Waals surface area contributed by atoms with Crippen molar-refractivity contribution in [2.24, 2.45) is 0 Å². The first-order chi connectivity index (χ1) is 10.2. The maximum absolute atomic E-state index is 9.65. The molecule has 21 heavy (non-hydrogen) atoms. The number of rotatable bonds is 3. The monoisotopic (exact) mass is 284 g/mol. The second kappa shape index (κ2) is 6.14. The Bertz CT molecular complexity index is 590. The van der Waals surface area contributed by atoms with Crippen LogP contribution >= 0.6 is 0 Å².